The smallest absolute Gasteiger partial charge is 0.326 e. The summed E-state index contributed by atoms with van der Waals surface area (Å²) in [6.45, 7) is 1.01. The summed E-state index contributed by atoms with van der Waals surface area (Å²) in [7, 11) is 1.83. The van der Waals surface area contributed by atoms with E-state index in [1.54, 1.807) is 36.5 Å². The number of rotatable bonds is 15. The van der Waals surface area contributed by atoms with Crippen molar-refractivity contribution in [3.8, 4) is 0 Å². The molecule has 5 amide bonds. The summed E-state index contributed by atoms with van der Waals surface area (Å²) in [5, 5.41) is 17.4. The number of imide groups is 1. The first-order valence-electron chi connectivity index (χ1n) is 17.8. The maximum Gasteiger partial charge on any atom is 0.326 e. The number of amides is 5. The van der Waals surface area contributed by atoms with Crippen molar-refractivity contribution in [2.45, 2.75) is 70.1 Å². The molecule has 4 aromatic rings. The van der Waals surface area contributed by atoms with E-state index >= 15 is 0 Å². The Morgan fingerprint density at radius 2 is 1.84 bits per heavy atom. The van der Waals surface area contributed by atoms with E-state index in [0.29, 0.717) is 62.1 Å². The number of nitrogen functional groups attached to an aromatic ring is 2. The monoisotopic (exact) mass is 751 g/mol. The molecule has 2 aromatic carbocycles. The van der Waals surface area contributed by atoms with E-state index in [1.165, 1.54) is 4.90 Å². The summed E-state index contributed by atoms with van der Waals surface area (Å²) in [6.07, 6.45) is 3.84. The number of piperidine rings is 1. The van der Waals surface area contributed by atoms with Gasteiger partial charge < -0.3 is 37.0 Å². The van der Waals surface area contributed by atoms with E-state index < -0.39 is 29.9 Å². The van der Waals surface area contributed by atoms with Crippen molar-refractivity contribution in [2.24, 2.45) is 0 Å². The first kappa shape index (κ1) is 38.0. The second kappa shape index (κ2) is 16.5. The largest absolute Gasteiger partial charge is 0.480 e. The lowest BCUT2D eigenvalue weighted by atomic mass is 9.99. The van der Waals surface area contributed by atoms with Gasteiger partial charge >= 0.3 is 5.97 Å². The van der Waals surface area contributed by atoms with Crippen molar-refractivity contribution in [1.29, 1.82) is 0 Å². The fourth-order valence-electron chi connectivity index (χ4n) is 6.68. The predicted octanol–water partition coefficient (Wildman–Crippen LogP) is 1.08. The zero-order valence-corrected chi connectivity index (χ0v) is 30.1. The third-order valence-corrected chi connectivity index (χ3v) is 9.61. The SMILES string of the molecule is CN(Cc1cnc2nc(N)nc(N)c2n1)c1ccc(C(=O)N[C@H](CCC(=O)NCCCCc2cccc3c2CN(C2CCC(=O)NC2=O)C3=O)C(=O)O)cc1. The number of hydrogen-bond acceptors (Lipinski definition) is 13. The number of aliphatic carboxylic acids is 1. The van der Waals surface area contributed by atoms with Gasteiger partial charge in [0, 0.05) is 49.8 Å². The molecule has 1 saturated heterocycles. The molecule has 286 valence electrons. The average molecular weight is 752 g/mol. The number of unbranched alkanes of at least 4 members (excludes halogenated alkanes) is 1. The van der Waals surface area contributed by atoms with Gasteiger partial charge in [-0.1, -0.05) is 12.1 Å². The number of aryl methyl sites for hydroxylation is 1. The van der Waals surface area contributed by atoms with Crippen molar-refractivity contribution in [3.05, 3.63) is 76.6 Å². The van der Waals surface area contributed by atoms with Crippen molar-refractivity contribution < 1.29 is 33.9 Å². The second-order valence-electron chi connectivity index (χ2n) is 13.5. The highest BCUT2D eigenvalue weighted by atomic mass is 16.4. The van der Waals surface area contributed by atoms with E-state index in [9.17, 15) is 33.9 Å². The van der Waals surface area contributed by atoms with Crippen molar-refractivity contribution >= 4 is 64.1 Å². The molecule has 0 spiro atoms. The van der Waals surface area contributed by atoms with Crippen LogP contribution in [-0.2, 0) is 38.7 Å². The Labute approximate surface area is 315 Å². The molecule has 2 atom stereocenters. The van der Waals surface area contributed by atoms with Gasteiger partial charge in [-0.05, 0) is 73.6 Å². The lowest BCUT2D eigenvalue weighted by Crippen LogP contribution is -2.52. The number of carbonyl (C=O) groups excluding carboxylic acids is 5. The lowest BCUT2D eigenvalue weighted by molar-refractivity contribution is -0.140. The Morgan fingerprint density at radius 1 is 1.05 bits per heavy atom. The highest BCUT2D eigenvalue weighted by molar-refractivity contribution is 6.05. The molecule has 0 bridgehead atoms. The number of anilines is 3. The molecule has 1 fully saturated rings. The Kier molecular flexibility index (Phi) is 11.4. The van der Waals surface area contributed by atoms with Gasteiger partial charge in [0.15, 0.2) is 17.0 Å². The van der Waals surface area contributed by atoms with Crippen LogP contribution in [0, 0.1) is 0 Å². The van der Waals surface area contributed by atoms with Gasteiger partial charge in [0.1, 0.15) is 12.1 Å². The highest BCUT2D eigenvalue weighted by Crippen LogP contribution is 2.30. The molecule has 0 saturated carbocycles. The fraction of sp³-hybridized carbons (Fsp3) is 0.351. The van der Waals surface area contributed by atoms with Crippen LogP contribution in [0.4, 0.5) is 17.5 Å². The Morgan fingerprint density at radius 3 is 2.58 bits per heavy atom. The molecule has 55 heavy (non-hydrogen) atoms. The van der Waals surface area contributed by atoms with Crippen LogP contribution in [0.2, 0.25) is 0 Å². The number of carbonyl (C=O) groups is 6. The molecule has 2 aliphatic heterocycles. The molecule has 8 N–H and O–H groups in total. The number of nitrogens with two attached hydrogens (primary N) is 2. The number of aromatic nitrogens is 4. The van der Waals surface area contributed by atoms with Crippen molar-refractivity contribution in [3.63, 3.8) is 0 Å². The quantitative estimate of drug-likeness (QED) is 0.0733. The number of fused-ring (bicyclic) bond motifs is 2. The molecular formula is C37H41N11O7. The molecule has 2 aliphatic rings. The number of nitrogens with one attached hydrogen (secondary N) is 3. The molecule has 2 aromatic heterocycles. The average Bonchev–Trinajstić information content (AvgIpc) is 3.49. The predicted molar refractivity (Wildman–Crippen MR) is 199 cm³/mol. The maximum absolute atomic E-state index is 13.1. The number of carboxylic acid groups (broad SMARTS) is 1. The third kappa shape index (κ3) is 8.91. The van der Waals surface area contributed by atoms with Gasteiger partial charge in [0.25, 0.3) is 11.8 Å². The van der Waals surface area contributed by atoms with Crippen molar-refractivity contribution in [1.82, 2.24) is 40.8 Å². The molecule has 18 nitrogen and oxygen atoms in total. The highest BCUT2D eigenvalue weighted by Gasteiger charge is 2.39. The molecule has 4 heterocycles. The Balaban J connectivity index is 0.925. The number of carboxylic acids is 1. The summed E-state index contributed by atoms with van der Waals surface area (Å²) in [4.78, 5) is 94.6. The maximum atomic E-state index is 13.1. The van der Waals surface area contributed by atoms with Crippen LogP contribution in [0.5, 0.6) is 0 Å². The van der Waals surface area contributed by atoms with E-state index in [0.717, 1.165) is 16.8 Å². The van der Waals surface area contributed by atoms with E-state index in [1.807, 2.05) is 24.1 Å². The van der Waals surface area contributed by atoms with E-state index in [-0.39, 0.29) is 60.0 Å². The summed E-state index contributed by atoms with van der Waals surface area (Å²) < 4.78 is 0. The van der Waals surface area contributed by atoms with Gasteiger partial charge in [0.05, 0.1) is 18.4 Å². The Hall–Kier alpha value is -6.72. The molecule has 18 heteroatoms. The third-order valence-electron chi connectivity index (χ3n) is 9.61. The van der Waals surface area contributed by atoms with Crippen LogP contribution in [-0.4, -0.2) is 91.1 Å². The number of benzene rings is 2. The summed E-state index contributed by atoms with van der Waals surface area (Å²) >= 11 is 0. The van der Waals surface area contributed by atoms with Gasteiger partial charge in [-0.2, -0.15) is 9.97 Å². The topological polar surface area (TPSA) is 269 Å². The minimum atomic E-state index is -1.28. The first-order chi connectivity index (χ1) is 26.4. The van der Waals surface area contributed by atoms with Crippen LogP contribution in [0.1, 0.15) is 76.1 Å². The van der Waals surface area contributed by atoms with E-state index in [4.69, 9.17) is 11.5 Å². The van der Waals surface area contributed by atoms with Crippen LogP contribution >= 0.6 is 0 Å². The number of hydrogen-bond donors (Lipinski definition) is 6. The minimum Gasteiger partial charge on any atom is -0.480 e. The summed E-state index contributed by atoms with van der Waals surface area (Å²) in [5.41, 5.74) is 16.2. The van der Waals surface area contributed by atoms with Crippen LogP contribution < -0.4 is 32.3 Å². The Bertz CT molecular complexity index is 2160. The molecule has 1 unspecified atom stereocenters. The molecular weight excluding hydrogens is 710 g/mol. The molecule has 0 radical (unpaired) electrons. The number of nitrogens with zero attached hydrogens (tertiary/aromatic N) is 6. The van der Waals surface area contributed by atoms with Gasteiger partial charge in [-0.3, -0.25) is 29.3 Å². The standard InChI is InChI=1S/C37H41N11O7/c1-47(18-22-17-41-32-30(42-22)31(38)45-37(39)46-32)23-10-8-21(9-11-23)33(51)43-26(36(54)55)12-14-28(49)40-16-3-2-5-20-6-4-7-24-25(20)19-48(35(24)53)27-13-15-29(50)44-34(27)52/h4,6-11,17,26-27H,2-3,5,12-16,18-19H2,1H3,(H,40,49)(H,43,51)(H,54,55)(H,44,50,52)(H4,38,39,41,45,46)/t26-,27?/m1/s1. The second-order valence-corrected chi connectivity index (χ2v) is 13.5. The van der Waals surface area contributed by atoms with E-state index in [2.05, 4.69) is 35.9 Å². The van der Waals surface area contributed by atoms with Gasteiger partial charge in [0.2, 0.25) is 23.7 Å². The minimum absolute atomic E-state index is 0.00516. The molecule has 0 aliphatic carbocycles. The summed E-state index contributed by atoms with van der Waals surface area (Å²) in [5.74, 6) is -3.08. The fourth-order valence-corrected chi connectivity index (χ4v) is 6.68. The van der Waals surface area contributed by atoms with Crippen LogP contribution in [0.25, 0.3) is 11.2 Å². The van der Waals surface area contributed by atoms with Crippen molar-refractivity contribution in [2.75, 3.05) is 30.0 Å². The zero-order chi connectivity index (χ0) is 39.2. The molecule has 6 rings (SSSR count). The zero-order valence-electron chi connectivity index (χ0n) is 30.1. The lowest BCUT2D eigenvalue weighted by Gasteiger charge is -2.29. The first-order valence-corrected chi connectivity index (χ1v) is 17.8. The normalized spacial score (nSPS) is 15.7. The van der Waals surface area contributed by atoms with Crippen LogP contribution in [0.15, 0.2) is 48.7 Å². The van der Waals surface area contributed by atoms with Gasteiger partial charge in [-0.25, -0.2) is 14.8 Å². The van der Waals surface area contributed by atoms with Gasteiger partial charge in [-0.15, -0.1) is 0 Å². The van der Waals surface area contributed by atoms with Crippen LogP contribution in [0.3, 0.4) is 0 Å². The summed E-state index contributed by atoms with van der Waals surface area (Å²) in [6, 6.07) is 10.1.